The Morgan fingerprint density at radius 3 is 0.756 bits per heavy atom. The number of aryl methyl sites for hydroxylation is 6. The van der Waals surface area contributed by atoms with Crippen LogP contribution >= 0.6 is 0 Å². The Hall–Kier alpha value is -8.70. The molecule has 0 bridgehead atoms. The van der Waals surface area contributed by atoms with Crippen LogP contribution in [-0.4, -0.2) is 56.8 Å². The van der Waals surface area contributed by atoms with Crippen LogP contribution in [0, 0.1) is 91.8 Å². The average Bonchev–Trinajstić information content (AvgIpc) is 0.743. The molecule has 3 saturated carbocycles. The molecule has 3 aromatic carbocycles. The van der Waals surface area contributed by atoms with Crippen molar-refractivity contribution in [2.45, 2.75) is 469 Å². The van der Waals surface area contributed by atoms with Gasteiger partial charge in [-0.15, -0.1) is 0 Å². The fourth-order valence-corrected chi connectivity index (χ4v) is 23.4. The first-order valence-corrected chi connectivity index (χ1v) is 52.8. The molecule has 135 heavy (non-hydrogen) atoms. The fraction of sp³-hybridized carbons (Fsp3) is 0.730. The summed E-state index contributed by atoms with van der Waals surface area (Å²) < 4.78 is 19.9. The first-order valence-electron chi connectivity index (χ1n) is 52.8. The van der Waals surface area contributed by atoms with Gasteiger partial charge in [-0.3, -0.25) is 0 Å². The van der Waals surface area contributed by atoms with E-state index in [2.05, 4.69) is 130 Å². The molecule has 0 saturated heterocycles. The van der Waals surface area contributed by atoms with Crippen molar-refractivity contribution in [2.24, 2.45) is 55.2 Å². The van der Waals surface area contributed by atoms with Gasteiger partial charge in [-0.25, -0.2) is 108 Å². The van der Waals surface area contributed by atoms with E-state index in [1.54, 1.807) is 41.0 Å². The topological polar surface area (TPSA) is 268 Å². The lowest BCUT2D eigenvalue weighted by Crippen LogP contribution is -2.59. The lowest BCUT2D eigenvalue weighted by molar-refractivity contribution is 0.0324. The molecule has 0 amide bonds. The van der Waals surface area contributed by atoms with Gasteiger partial charge >= 0.3 is 68.3 Å². The summed E-state index contributed by atoms with van der Waals surface area (Å²) in [5.74, 6) is 1.01. The van der Waals surface area contributed by atoms with Crippen molar-refractivity contribution in [3.63, 3.8) is 0 Å². The number of unbranched alkanes of at least 4 members (excludes halogenated alkanes) is 24. The third-order valence-electron chi connectivity index (χ3n) is 28.8. The Bertz CT molecular complexity index is 5220. The van der Waals surface area contributed by atoms with Gasteiger partial charge in [-0.2, -0.15) is 0 Å². The van der Waals surface area contributed by atoms with Gasteiger partial charge < -0.3 is 4.42 Å². The van der Waals surface area contributed by atoms with Crippen molar-refractivity contribution in [2.75, 3.05) is 6.54 Å². The third kappa shape index (κ3) is 33.0. The quantitative estimate of drug-likeness (QED) is 0.0323. The SMILES string of the molecule is CC1CC(C)(C)CC(C)(Cn2c(=O)n(CC3(C)CC(C)CC(C)(C)C3)c(=O)n(CC3(C)CC(C)CC(C)(C)C3)c2=O)C1.CCCCCCCN=c1oc(=O)n(CCCCCCC)c(=O)n1CCCCCCC.CCCCCCCn1c(=O)n(CCCCCCC)c(=O)n(CCCCCCC)c1=O.Cc1ccc(-n2c(=O)n(-c3ccc(C)c(C)c3)c(=O)n(-c3ccc(C)c(C)c3)c2=O)cc1C. The van der Waals surface area contributed by atoms with Crippen LogP contribution in [0.2, 0.25) is 0 Å². The molecule has 24 heteroatoms. The molecule has 3 fully saturated rings. The Labute approximate surface area is 807 Å². The van der Waals surface area contributed by atoms with Crippen LogP contribution in [0.4, 0.5) is 0 Å². The monoisotopic (exact) mass is 1870 g/mol. The van der Waals surface area contributed by atoms with Crippen LogP contribution in [-0.2, 0) is 52.4 Å². The molecule has 0 N–H and O–H groups in total. The van der Waals surface area contributed by atoms with E-state index in [0.29, 0.717) is 93.7 Å². The summed E-state index contributed by atoms with van der Waals surface area (Å²) in [5.41, 5.74) is 2.53. The molecule has 0 spiro atoms. The molecule has 4 heterocycles. The molecule has 6 atom stereocenters. The molecule has 3 aliphatic rings. The standard InChI is InChI=1S/C36H63N3O3.C27H27N3O3.2C24H45N3O3/c1-25-13-31(4,5)19-34(10,16-25)22-37-28(40)38(23-35(11)17-26(2)14-32(6,7)20-35)30(42)39(29(37)41)24-36(12)18-27(3)15-33(8,9)21-36;1-16-7-10-22(13-19(16)4)28-25(31)29(23-11-8-17(2)20(5)14-23)27(33)30(26(28)32)24-12-9-18(3)21(6)15-24;1-4-7-10-13-16-19-25-22-26(20-17-14-11-8-5-2)23(28)27(24(29)30-22)21-18-15-12-9-6-3;1-4-7-10-13-16-19-25-22(28)26(20-17-14-11-8-5-2)24(30)27(23(25)29)21-18-15-12-9-6-3/h25-27H,13-24H2,1-12H3;7-15H,1-6H3;2*4-21H2,1-3H3. The summed E-state index contributed by atoms with van der Waals surface area (Å²) in [6.45, 7) is 56.1. The Balaban J connectivity index is 0.000000248. The molecule has 0 radical (unpaired) electrons. The summed E-state index contributed by atoms with van der Waals surface area (Å²) in [6.07, 6.45) is 41.7. The van der Waals surface area contributed by atoms with Gasteiger partial charge in [0.25, 0.3) is 0 Å². The van der Waals surface area contributed by atoms with Gasteiger partial charge in [0.05, 0.1) is 17.1 Å². The van der Waals surface area contributed by atoms with E-state index in [9.17, 15) is 52.7 Å². The van der Waals surface area contributed by atoms with Crippen molar-refractivity contribution in [1.82, 2.24) is 50.2 Å². The predicted octanol–water partition coefficient (Wildman–Crippen LogP) is 22.2. The highest BCUT2D eigenvalue weighted by atomic mass is 16.4. The highest BCUT2D eigenvalue weighted by molar-refractivity contribution is 5.44. The zero-order valence-electron chi connectivity index (χ0n) is 88.6. The van der Waals surface area contributed by atoms with E-state index in [0.717, 1.165) is 227 Å². The molecule has 3 aliphatic carbocycles. The summed E-state index contributed by atoms with van der Waals surface area (Å²) >= 11 is 0. The Morgan fingerprint density at radius 2 is 0.504 bits per heavy atom. The second-order valence-corrected chi connectivity index (χ2v) is 45.2. The van der Waals surface area contributed by atoms with Gasteiger partial charge in [0.2, 0.25) is 0 Å². The van der Waals surface area contributed by atoms with Gasteiger partial charge in [-0.1, -0.05) is 297 Å². The second kappa shape index (κ2) is 52.9. The van der Waals surface area contributed by atoms with E-state index in [-0.39, 0.29) is 43.9 Å². The minimum absolute atomic E-state index is 0.151. The fourth-order valence-electron chi connectivity index (χ4n) is 23.4. The number of hydrogen-bond donors (Lipinski definition) is 0. The molecule has 0 aliphatic heterocycles. The van der Waals surface area contributed by atoms with E-state index in [1.165, 1.54) is 103 Å². The number of hydrogen-bond acceptors (Lipinski definition) is 13. The van der Waals surface area contributed by atoms with Crippen LogP contribution < -0.4 is 68.3 Å². The van der Waals surface area contributed by atoms with E-state index >= 15 is 0 Å². The van der Waals surface area contributed by atoms with Gasteiger partial charge in [-0.05, 0) is 258 Å². The highest BCUT2D eigenvalue weighted by Crippen LogP contribution is 2.52. The van der Waals surface area contributed by atoms with Crippen molar-refractivity contribution in [3.05, 3.63) is 209 Å². The Kier molecular flexibility index (Phi) is 44.4. The molecule has 756 valence electrons. The highest BCUT2D eigenvalue weighted by Gasteiger charge is 2.45. The maximum atomic E-state index is 14.3. The smallest absolute Gasteiger partial charge is 0.375 e. The molecule has 4 aromatic heterocycles. The Morgan fingerprint density at radius 1 is 0.274 bits per heavy atom. The van der Waals surface area contributed by atoms with E-state index in [4.69, 9.17) is 4.42 Å². The maximum Gasteiger partial charge on any atom is 0.425 e. The molecule has 7 aromatic rings. The number of aromatic nitrogens is 11. The second-order valence-electron chi connectivity index (χ2n) is 45.2. The average molecular weight is 1870 g/mol. The summed E-state index contributed by atoms with van der Waals surface area (Å²) in [5, 5.41) is 0. The van der Waals surface area contributed by atoms with E-state index < -0.39 is 57.0 Å². The summed E-state index contributed by atoms with van der Waals surface area (Å²) in [4.78, 5) is 153. The largest absolute Gasteiger partial charge is 0.425 e. The molecular weight excluding hydrogens is 1690 g/mol. The van der Waals surface area contributed by atoms with Gasteiger partial charge in [0.15, 0.2) is 0 Å². The minimum atomic E-state index is -0.698. The number of benzene rings is 3. The normalized spacial score (nSPS) is 19.7. The first-order chi connectivity index (χ1) is 63.8. The molecule has 6 unspecified atom stereocenters. The van der Waals surface area contributed by atoms with Crippen LogP contribution in [0.1, 0.15) is 408 Å². The van der Waals surface area contributed by atoms with Crippen LogP contribution in [0.5, 0.6) is 0 Å². The van der Waals surface area contributed by atoms with E-state index in [1.807, 2.05) is 59.7 Å². The zero-order valence-corrected chi connectivity index (χ0v) is 88.6. The lowest BCUT2D eigenvalue weighted by atomic mass is 9.61. The van der Waals surface area contributed by atoms with Crippen LogP contribution in [0.25, 0.3) is 17.1 Å². The van der Waals surface area contributed by atoms with Crippen LogP contribution in [0.15, 0.2) is 117 Å². The molecule has 24 nitrogen and oxygen atoms in total. The predicted molar refractivity (Wildman–Crippen MR) is 555 cm³/mol. The van der Waals surface area contributed by atoms with Crippen molar-refractivity contribution in [3.8, 4) is 17.1 Å². The minimum Gasteiger partial charge on any atom is -0.375 e. The lowest BCUT2D eigenvalue weighted by Gasteiger charge is -2.47. The maximum absolute atomic E-state index is 14.3. The van der Waals surface area contributed by atoms with Crippen molar-refractivity contribution < 1.29 is 4.42 Å². The third-order valence-corrected chi connectivity index (χ3v) is 28.8. The van der Waals surface area contributed by atoms with Crippen molar-refractivity contribution in [1.29, 1.82) is 0 Å². The van der Waals surface area contributed by atoms with Gasteiger partial charge in [0.1, 0.15) is 0 Å². The van der Waals surface area contributed by atoms with Gasteiger partial charge in [0, 0.05) is 58.9 Å². The molecular formula is C111H180N12O12. The molecule has 10 rings (SSSR count). The van der Waals surface area contributed by atoms with Crippen molar-refractivity contribution >= 4 is 0 Å². The summed E-state index contributed by atoms with van der Waals surface area (Å²) in [6, 6.07) is 16.1. The number of rotatable bonds is 45. The zero-order chi connectivity index (χ0) is 99.9. The summed E-state index contributed by atoms with van der Waals surface area (Å²) in [7, 11) is 0. The van der Waals surface area contributed by atoms with Crippen LogP contribution in [0.3, 0.4) is 0 Å². The first kappa shape index (κ1) is 113. The number of nitrogens with zero attached hydrogens (tertiary/aromatic N) is 12.